The lowest BCUT2D eigenvalue weighted by molar-refractivity contribution is 0.368. The third-order valence-electron chi connectivity index (χ3n) is 0.455. The summed E-state index contributed by atoms with van der Waals surface area (Å²) in [5, 5.41) is 1.74. The van der Waals surface area contributed by atoms with Crippen LogP contribution in [0.2, 0.25) is 0 Å². The third kappa shape index (κ3) is 4.99. The molecule has 0 atom stereocenters. The third-order valence-corrected chi connectivity index (χ3v) is 0.455. The highest BCUT2D eigenvalue weighted by molar-refractivity contribution is 5.54. The number of aliphatic imine (C=N–C) groups is 1. The zero-order chi connectivity index (χ0) is 6.41. The van der Waals surface area contributed by atoms with E-state index in [1.54, 1.807) is 5.01 Å². The van der Waals surface area contributed by atoms with E-state index < -0.39 is 0 Å². The molecule has 0 aliphatic carbocycles. The van der Waals surface area contributed by atoms with Crippen molar-refractivity contribution in [3.8, 4) is 12.5 Å². The molecule has 0 bridgehead atoms. The SMILES string of the molecule is C#CN=CNN(C)C. The van der Waals surface area contributed by atoms with Crippen LogP contribution in [0.4, 0.5) is 0 Å². The van der Waals surface area contributed by atoms with Crippen molar-refractivity contribution in [2.45, 2.75) is 0 Å². The molecule has 0 aliphatic heterocycles. The van der Waals surface area contributed by atoms with Gasteiger partial charge in [-0.05, 0) is 0 Å². The molecule has 0 aliphatic rings. The summed E-state index contributed by atoms with van der Waals surface area (Å²) in [7, 11) is 3.70. The summed E-state index contributed by atoms with van der Waals surface area (Å²) in [6.45, 7) is 0. The first-order valence-electron chi connectivity index (χ1n) is 2.18. The van der Waals surface area contributed by atoms with Crippen molar-refractivity contribution in [1.82, 2.24) is 10.4 Å². The Morgan fingerprint density at radius 1 is 1.75 bits per heavy atom. The Morgan fingerprint density at radius 3 is 2.75 bits per heavy atom. The Labute approximate surface area is 49.4 Å². The fraction of sp³-hybridized carbons (Fsp3) is 0.400. The van der Waals surface area contributed by atoms with Gasteiger partial charge in [0.2, 0.25) is 0 Å². The summed E-state index contributed by atoms with van der Waals surface area (Å²) in [4.78, 5) is 3.46. The number of hydrogen-bond acceptors (Lipinski definition) is 2. The van der Waals surface area contributed by atoms with Crippen molar-refractivity contribution in [1.29, 1.82) is 0 Å². The molecule has 0 fully saturated rings. The first-order valence-corrected chi connectivity index (χ1v) is 2.18. The first-order chi connectivity index (χ1) is 3.77. The van der Waals surface area contributed by atoms with Gasteiger partial charge in [-0.1, -0.05) is 6.42 Å². The van der Waals surface area contributed by atoms with Gasteiger partial charge in [0.25, 0.3) is 0 Å². The zero-order valence-corrected chi connectivity index (χ0v) is 5.05. The molecule has 0 radical (unpaired) electrons. The second kappa shape index (κ2) is 4.16. The van der Waals surface area contributed by atoms with Gasteiger partial charge in [-0.2, -0.15) is 4.99 Å². The molecule has 0 aromatic heterocycles. The fourth-order valence-corrected chi connectivity index (χ4v) is 0.182. The Kier molecular flexibility index (Phi) is 3.63. The van der Waals surface area contributed by atoms with Crippen LogP contribution < -0.4 is 5.43 Å². The summed E-state index contributed by atoms with van der Waals surface area (Å²) in [5.74, 6) is 0. The van der Waals surface area contributed by atoms with E-state index >= 15 is 0 Å². The standard InChI is InChI=1S/C5H9N3/c1-4-6-5-7-8(2)3/h1,5H,2-3H3,(H,6,7). The number of rotatable bonds is 2. The molecule has 0 unspecified atom stereocenters. The molecule has 3 heteroatoms. The van der Waals surface area contributed by atoms with E-state index in [1.807, 2.05) is 14.1 Å². The van der Waals surface area contributed by atoms with Gasteiger partial charge in [-0.3, -0.25) is 0 Å². The average molecular weight is 111 g/mol. The number of hydrazine groups is 1. The predicted molar refractivity (Wildman–Crippen MR) is 34.1 cm³/mol. The molecule has 3 nitrogen and oxygen atoms in total. The highest BCUT2D eigenvalue weighted by Gasteiger charge is 1.74. The van der Waals surface area contributed by atoms with E-state index in [-0.39, 0.29) is 0 Å². The van der Waals surface area contributed by atoms with E-state index in [0.29, 0.717) is 0 Å². The number of terminal acetylenes is 1. The van der Waals surface area contributed by atoms with Gasteiger partial charge < -0.3 is 5.43 Å². The second-order valence-corrected chi connectivity index (χ2v) is 1.41. The van der Waals surface area contributed by atoms with Gasteiger partial charge in [0.15, 0.2) is 0 Å². The Morgan fingerprint density at radius 2 is 2.38 bits per heavy atom. The van der Waals surface area contributed by atoms with Crippen molar-refractivity contribution in [3.05, 3.63) is 0 Å². The minimum Gasteiger partial charge on any atom is -0.309 e. The van der Waals surface area contributed by atoms with Crippen LogP contribution in [0.1, 0.15) is 0 Å². The number of nitrogens with one attached hydrogen (secondary N) is 1. The van der Waals surface area contributed by atoms with E-state index in [4.69, 9.17) is 6.42 Å². The number of nitrogens with zero attached hydrogens (tertiary/aromatic N) is 2. The molecule has 8 heavy (non-hydrogen) atoms. The minimum absolute atomic E-state index is 1.44. The van der Waals surface area contributed by atoms with Crippen molar-refractivity contribution in [2.24, 2.45) is 4.99 Å². The zero-order valence-electron chi connectivity index (χ0n) is 5.05. The Bertz CT molecular complexity index is 109. The van der Waals surface area contributed by atoms with E-state index in [1.165, 1.54) is 6.34 Å². The molecule has 0 aromatic carbocycles. The lowest BCUT2D eigenvalue weighted by Crippen LogP contribution is -2.28. The lowest BCUT2D eigenvalue weighted by atomic mass is 11.1. The van der Waals surface area contributed by atoms with Gasteiger partial charge in [-0.25, -0.2) is 5.01 Å². The van der Waals surface area contributed by atoms with Crippen molar-refractivity contribution in [3.63, 3.8) is 0 Å². The van der Waals surface area contributed by atoms with Gasteiger partial charge >= 0.3 is 0 Å². The smallest absolute Gasteiger partial charge is 0.113 e. The van der Waals surface area contributed by atoms with Crippen LogP contribution in [-0.2, 0) is 0 Å². The Balaban J connectivity index is 3.19. The summed E-state index contributed by atoms with van der Waals surface area (Å²) in [6.07, 6.45) is 6.25. The molecule has 1 N–H and O–H groups in total. The van der Waals surface area contributed by atoms with Gasteiger partial charge in [0.05, 0.1) is 0 Å². The summed E-state index contributed by atoms with van der Waals surface area (Å²) in [6, 6.07) is 2.10. The van der Waals surface area contributed by atoms with E-state index in [9.17, 15) is 0 Å². The molecular formula is C5H9N3. The maximum atomic E-state index is 4.81. The Hall–Kier alpha value is -1.01. The number of hydrogen-bond donors (Lipinski definition) is 1. The van der Waals surface area contributed by atoms with Crippen molar-refractivity contribution >= 4 is 6.34 Å². The van der Waals surface area contributed by atoms with Gasteiger partial charge in [0.1, 0.15) is 6.34 Å². The molecule has 44 valence electrons. The second-order valence-electron chi connectivity index (χ2n) is 1.41. The molecule has 0 aromatic rings. The summed E-state index contributed by atoms with van der Waals surface area (Å²) < 4.78 is 0. The largest absolute Gasteiger partial charge is 0.309 e. The average Bonchev–Trinajstić information content (AvgIpc) is 1.66. The van der Waals surface area contributed by atoms with Crippen LogP contribution in [0.3, 0.4) is 0 Å². The molecule has 0 saturated carbocycles. The van der Waals surface area contributed by atoms with Crippen molar-refractivity contribution < 1.29 is 0 Å². The summed E-state index contributed by atoms with van der Waals surface area (Å²) in [5.41, 5.74) is 2.75. The quantitative estimate of drug-likeness (QED) is 0.229. The molecule has 0 rings (SSSR count). The lowest BCUT2D eigenvalue weighted by Gasteiger charge is -2.05. The highest BCUT2D eigenvalue weighted by Crippen LogP contribution is 1.57. The van der Waals surface area contributed by atoms with Gasteiger partial charge in [-0.15, -0.1) is 0 Å². The molecule has 0 heterocycles. The predicted octanol–water partition coefficient (Wildman–Crippen LogP) is -0.328. The minimum atomic E-state index is 1.44. The van der Waals surface area contributed by atoms with Crippen LogP contribution in [0, 0.1) is 12.5 Å². The van der Waals surface area contributed by atoms with Crippen LogP contribution in [0.15, 0.2) is 4.99 Å². The fourth-order valence-electron chi connectivity index (χ4n) is 0.182. The monoisotopic (exact) mass is 111 g/mol. The molecule has 0 spiro atoms. The first kappa shape index (κ1) is 6.99. The van der Waals surface area contributed by atoms with Crippen LogP contribution in [0.25, 0.3) is 0 Å². The normalized spacial score (nSPS) is 9.75. The molecule has 0 amide bonds. The van der Waals surface area contributed by atoms with Crippen LogP contribution in [-0.4, -0.2) is 25.4 Å². The maximum absolute atomic E-state index is 4.81. The van der Waals surface area contributed by atoms with Gasteiger partial charge in [0, 0.05) is 20.1 Å². The van der Waals surface area contributed by atoms with E-state index in [2.05, 4.69) is 16.5 Å². The van der Waals surface area contributed by atoms with E-state index in [0.717, 1.165) is 0 Å². The maximum Gasteiger partial charge on any atom is 0.113 e. The van der Waals surface area contributed by atoms with Crippen molar-refractivity contribution in [2.75, 3.05) is 14.1 Å². The highest BCUT2D eigenvalue weighted by atomic mass is 15.5. The topological polar surface area (TPSA) is 27.6 Å². The molecular weight excluding hydrogens is 102 g/mol. The molecule has 0 saturated heterocycles. The summed E-state index contributed by atoms with van der Waals surface area (Å²) >= 11 is 0. The van der Waals surface area contributed by atoms with Crippen LogP contribution in [0.5, 0.6) is 0 Å². The van der Waals surface area contributed by atoms with Crippen LogP contribution >= 0.6 is 0 Å².